The minimum absolute atomic E-state index is 0.256. The van der Waals surface area contributed by atoms with Gasteiger partial charge < -0.3 is 0 Å². The van der Waals surface area contributed by atoms with Gasteiger partial charge in [-0.15, -0.1) is 0 Å². The Morgan fingerprint density at radius 1 is 1.62 bits per heavy atom. The third-order valence-corrected chi connectivity index (χ3v) is 1.60. The van der Waals surface area contributed by atoms with Crippen molar-refractivity contribution in [2.75, 3.05) is 0 Å². The van der Waals surface area contributed by atoms with E-state index in [9.17, 15) is 4.39 Å². The third-order valence-electron chi connectivity index (χ3n) is 0.723. The third kappa shape index (κ3) is 1.15. The first-order chi connectivity index (χ1) is 3.80. The molecule has 0 radical (unpaired) electrons. The van der Waals surface area contributed by atoms with Crippen LogP contribution in [-0.2, 0) is 0 Å². The Labute approximate surface area is 60.1 Å². The maximum atomic E-state index is 12.2. The molecule has 0 saturated carbocycles. The van der Waals surface area contributed by atoms with Crippen molar-refractivity contribution in [1.29, 1.82) is 0 Å². The largest absolute Gasteiger partial charge is 0.262 e. The average Bonchev–Trinajstić information content (AvgIpc) is 1.77. The van der Waals surface area contributed by atoms with Gasteiger partial charge in [-0.05, 0) is 28.7 Å². The molecule has 1 aromatic heterocycles. The highest BCUT2D eigenvalue weighted by atomic mass is 127. The van der Waals surface area contributed by atoms with E-state index in [1.54, 1.807) is 12.3 Å². The first-order valence-electron chi connectivity index (χ1n) is 2.06. The molecule has 1 aromatic rings. The van der Waals surface area contributed by atoms with Crippen molar-refractivity contribution < 1.29 is 4.39 Å². The number of nitrogens with zero attached hydrogens (tertiary/aromatic N) is 1. The summed E-state index contributed by atoms with van der Waals surface area (Å²) in [4.78, 5) is 3.57. The molecule has 1 nitrogen and oxygen atoms in total. The molecule has 0 aliphatic carbocycles. The average molecular weight is 223 g/mol. The van der Waals surface area contributed by atoms with E-state index in [1.807, 2.05) is 22.6 Å². The molecule has 0 spiro atoms. The zero-order valence-electron chi connectivity index (χ0n) is 3.94. The fourth-order valence-electron chi connectivity index (χ4n) is 0.358. The first-order valence-corrected chi connectivity index (χ1v) is 3.13. The van der Waals surface area contributed by atoms with Gasteiger partial charge in [0.1, 0.15) is 0 Å². The zero-order valence-corrected chi connectivity index (χ0v) is 6.09. The summed E-state index contributed by atoms with van der Waals surface area (Å²) < 4.78 is 12.9. The fourth-order valence-corrected chi connectivity index (χ4v) is 0.658. The smallest absolute Gasteiger partial charge is 0.154 e. The van der Waals surface area contributed by atoms with Crippen molar-refractivity contribution >= 4 is 22.6 Å². The molecule has 0 aliphatic rings. The van der Waals surface area contributed by atoms with Crippen molar-refractivity contribution in [2.45, 2.75) is 0 Å². The molecule has 0 N–H and O–H groups in total. The number of hydrogen-bond acceptors (Lipinski definition) is 1. The van der Waals surface area contributed by atoms with Crippen LogP contribution in [0.25, 0.3) is 0 Å². The van der Waals surface area contributed by atoms with Crippen LogP contribution in [0, 0.1) is 9.39 Å². The molecule has 8 heavy (non-hydrogen) atoms. The number of halogens is 2. The number of pyridine rings is 1. The van der Waals surface area contributed by atoms with Gasteiger partial charge in [0.25, 0.3) is 0 Å². The van der Waals surface area contributed by atoms with Crippen molar-refractivity contribution in [3.8, 4) is 0 Å². The van der Waals surface area contributed by atoms with Crippen LogP contribution >= 0.6 is 22.6 Å². The standard InChI is InChI=1S/C5H3FIN/c6-4-3-8-2-1-5(4)7/h1-3H. The van der Waals surface area contributed by atoms with Crippen molar-refractivity contribution in [3.63, 3.8) is 0 Å². The molecule has 0 atom stereocenters. The van der Waals surface area contributed by atoms with Gasteiger partial charge in [0, 0.05) is 6.20 Å². The van der Waals surface area contributed by atoms with Gasteiger partial charge in [-0.1, -0.05) is 0 Å². The van der Waals surface area contributed by atoms with Crippen LogP contribution in [0.4, 0.5) is 4.39 Å². The second kappa shape index (κ2) is 2.39. The zero-order chi connectivity index (χ0) is 5.98. The summed E-state index contributed by atoms with van der Waals surface area (Å²) in [5, 5.41) is 0. The highest BCUT2D eigenvalue weighted by Crippen LogP contribution is 2.05. The van der Waals surface area contributed by atoms with E-state index >= 15 is 0 Å². The maximum Gasteiger partial charge on any atom is 0.154 e. The molecule has 0 fully saturated rings. The van der Waals surface area contributed by atoms with Gasteiger partial charge in [-0.3, -0.25) is 4.98 Å². The second-order valence-corrected chi connectivity index (χ2v) is 2.45. The van der Waals surface area contributed by atoms with Crippen LogP contribution in [-0.4, -0.2) is 4.98 Å². The fraction of sp³-hybridized carbons (Fsp3) is 0. The molecule has 0 saturated heterocycles. The van der Waals surface area contributed by atoms with Gasteiger partial charge in [-0.25, -0.2) is 4.39 Å². The van der Waals surface area contributed by atoms with Crippen molar-refractivity contribution in [2.24, 2.45) is 0 Å². The molecular formula is C5H3FIN. The summed E-state index contributed by atoms with van der Waals surface area (Å²) in [5.41, 5.74) is 0. The first kappa shape index (κ1) is 5.94. The van der Waals surface area contributed by atoms with E-state index in [4.69, 9.17) is 0 Å². The van der Waals surface area contributed by atoms with Gasteiger partial charge >= 0.3 is 0 Å². The van der Waals surface area contributed by atoms with Crippen LogP contribution in [0.1, 0.15) is 0 Å². The number of rotatable bonds is 0. The predicted octanol–water partition coefficient (Wildman–Crippen LogP) is 1.83. The van der Waals surface area contributed by atoms with E-state index in [0.29, 0.717) is 3.57 Å². The monoisotopic (exact) mass is 223 g/mol. The molecule has 3 heteroatoms. The molecule has 0 amide bonds. The molecule has 0 unspecified atom stereocenters. The Bertz CT molecular complexity index is 169. The lowest BCUT2D eigenvalue weighted by Crippen LogP contribution is -1.79. The normalized spacial score (nSPS) is 9.25. The van der Waals surface area contributed by atoms with E-state index < -0.39 is 0 Å². The summed E-state index contributed by atoms with van der Waals surface area (Å²) in [6.45, 7) is 0. The van der Waals surface area contributed by atoms with E-state index in [0.717, 1.165) is 0 Å². The van der Waals surface area contributed by atoms with Crippen LogP contribution in [0.3, 0.4) is 0 Å². The summed E-state index contributed by atoms with van der Waals surface area (Å²) in [6, 6.07) is 1.62. The lowest BCUT2D eigenvalue weighted by atomic mass is 10.5. The minimum Gasteiger partial charge on any atom is -0.262 e. The number of aromatic nitrogens is 1. The van der Waals surface area contributed by atoms with Crippen LogP contribution in [0.5, 0.6) is 0 Å². The van der Waals surface area contributed by atoms with Crippen LogP contribution in [0.2, 0.25) is 0 Å². The van der Waals surface area contributed by atoms with Crippen LogP contribution < -0.4 is 0 Å². The predicted molar refractivity (Wildman–Crippen MR) is 36.9 cm³/mol. The van der Waals surface area contributed by atoms with E-state index in [1.165, 1.54) is 6.20 Å². The van der Waals surface area contributed by atoms with Crippen LogP contribution in [0.15, 0.2) is 18.5 Å². The van der Waals surface area contributed by atoms with E-state index in [2.05, 4.69) is 4.98 Å². The second-order valence-electron chi connectivity index (χ2n) is 1.29. The number of hydrogen-bond donors (Lipinski definition) is 0. The SMILES string of the molecule is Fc1cnccc1I. The molecule has 0 aromatic carbocycles. The molecular weight excluding hydrogens is 220 g/mol. The highest BCUT2D eigenvalue weighted by molar-refractivity contribution is 14.1. The van der Waals surface area contributed by atoms with Gasteiger partial charge in [0.15, 0.2) is 5.82 Å². The summed E-state index contributed by atoms with van der Waals surface area (Å²) in [6.07, 6.45) is 2.76. The van der Waals surface area contributed by atoms with Gasteiger partial charge in [-0.2, -0.15) is 0 Å². The Hall–Kier alpha value is -0.190. The quantitative estimate of drug-likeness (QED) is 0.611. The molecule has 0 aliphatic heterocycles. The topological polar surface area (TPSA) is 12.9 Å². The Kier molecular flexibility index (Phi) is 1.77. The molecule has 0 bridgehead atoms. The maximum absolute atomic E-state index is 12.2. The van der Waals surface area contributed by atoms with E-state index in [-0.39, 0.29) is 5.82 Å². The van der Waals surface area contributed by atoms with Crippen molar-refractivity contribution in [1.82, 2.24) is 4.98 Å². The van der Waals surface area contributed by atoms with Crippen molar-refractivity contribution in [3.05, 3.63) is 27.8 Å². The minimum atomic E-state index is -0.256. The van der Waals surface area contributed by atoms with Gasteiger partial charge in [0.2, 0.25) is 0 Å². The molecule has 1 heterocycles. The summed E-state index contributed by atoms with van der Waals surface area (Å²) in [7, 11) is 0. The summed E-state index contributed by atoms with van der Waals surface area (Å²) >= 11 is 1.91. The Morgan fingerprint density at radius 2 is 2.38 bits per heavy atom. The Morgan fingerprint density at radius 3 is 2.75 bits per heavy atom. The highest BCUT2D eigenvalue weighted by Gasteiger charge is 1.91. The lowest BCUT2D eigenvalue weighted by molar-refractivity contribution is 0.614. The lowest BCUT2D eigenvalue weighted by Gasteiger charge is -1.86. The Balaban J connectivity index is 3.13. The molecule has 1 rings (SSSR count). The van der Waals surface area contributed by atoms with Gasteiger partial charge in [0.05, 0.1) is 9.77 Å². The summed E-state index contributed by atoms with van der Waals surface area (Å²) in [5.74, 6) is -0.256. The molecule has 42 valence electrons.